The molecule has 6 nitrogen and oxygen atoms in total. The number of benzene rings is 4. The third-order valence-electron chi connectivity index (χ3n) is 8.13. The van der Waals surface area contributed by atoms with E-state index in [0.717, 1.165) is 16.9 Å². The molecule has 0 spiro atoms. The predicted molar refractivity (Wildman–Crippen MR) is 193 cm³/mol. The lowest BCUT2D eigenvalue weighted by atomic mass is 9.82. The van der Waals surface area contributed by atoms with Crippen LogP contribution in [0.3, 0.4) is 0 Å². The molecule has 4 aromatic rings. The minimum atomic E-state index is -5.08. The van der Waals surface area contributed by atoms with Crippen LogP contribution in [0.25, 0.3) is 22.3 Å². The van der Waals surface area contributed by atoms with Gasteiger partial charge in [-0.05, 0) is 66.3 Å². The van der Waals surface area contributed by atoms with Crippen molar-refractivity contribution in [2.45, 2.75) is 71.1 Å². The van der Waals surface area contributed by atoms with Crippen LogP contribution in [0, 0.1) is 0 Å². The predicted octanol–water partition coefficient (Wildman–Crippen LogP) is 11.0. The van der Waals surface area contributed by atoms with E-state index in [2.05, 4.69) is 87.6 Å². The normalized spacial score (nSPS) is 14.0. The van der Waals surface area contributed by atoms with Crippen LogP contribution in [0.1, 0.15) is 70.7 Å². The van der Waals surface area contributed by atoms with Crippen molar-refractivity contribution in [3.63, 3.8) is 0 Å². The van der Waals surface area contributed by atoms with Crippen molar-refractivity contribution in [1.29, 1.82) is 0 Å². The van der Waals surface area contributed by atoms with Crippen LogP contribution in [-0.2, 0) is 20.4 Å². The Balaban J connectivity index is 0.000000216. The van der Waals surface area contributed by atoms with E-state index < -0.39 is 23.8 Å². The number of carboxylic acids is 1. The summed E-state index contributed by atoms with van der Waals surface area (Å²) in [5, 5.41) is 10.2. The minimum absolute atomic E-state index is 0.0707. The molecule has 4 aromatic carbocycles. The Morgan fingerprint density at radius 1 is 0.735 bits per heavy atom. The molecular formula is C38H41Cl2F3N2O4. The van der Waals surface area contributed by atoms with Crippen molar-refractivity contribution in [2.24, 2.45) is 0 Å². The number of carbonyl (C=O) groups excluding carboxylic acids is 1. The van der Waals surface area contributed by atoms with Crippen LogP contribution in [0.4, 0.5) is 29.3 Å². The molecule has 262 valence electrons. The van der Waals surface area contributed by atoms with Gasteiger partial charge in [0.15, 0.2) is 0 Å². The zero-order valence-corrected chi connectivity index (χ0v) is 29.9. The number of fused-ring (bicyclic) bond motifs is 6. The van der Waals surface area contributed by atoms with Crippen molar-refractivity contribution in [2.75, 3.05) is 16.4 Å². The summed E-state index contributed by atoms with van der Waals surface area (Å²) in [5.41, 5.74) is 17.3. The number of carboxylic acid groups (broad SMARTS) is 1. The highest BCUT2D eigenvalue weighted by Gasteiger charge is 2.39. The van der Waals surface area contributed by atoms with Crippen LogP contribution in [0.2, 0.25) is 0 Å². The Labute approximate surface area is 295 Å². The second kappa shape index (κ2) is 15.1. The second-order valence-electron chi connectivity index (χ2n) is 13.4. The fourth-order valence-corrected chi connectivity index (χ4v) is 6.06. The Morgan fingerprint density at radius 3 is 1.57 bits per heavy atom. The van der Waals surface area contributed by atoms with Crippen LogP contribution in [0.15, 0.2) is 84.9 Å². The van der Waals surface area contributed by atoms with Gasteiger partial charge >= 0.3 is 18.2 Å². The van der Waals surface area contributed by atoms with Crippen LogP contribution < -0.4 is 11.1 Å². The molecule has 0 aliphatic heterocycles. The fourth-order valence-electron chi connectivity index (χ4n) is 6.06. The molecule has 0 aromatic heterocycles. The minimum Gasteiger partial charge on any atom is -0.475 e. The van der Waals surface area contributed by atoms with Crippen molar-refractivity contribution >= 4 is 46.6 Å². The molecular weight excluding hydrogens is 676 g/mol. The molecule has 0 heterocycles. The zero-order valence-electron chi connectivity index (χ0n) is 28.4. The summed E-state index contributed by atoms with van der Waals surface area (Å²) in [4.78, 5) is 21.1. The monoisotopic (exact) mass is 716 g/mol. The molecule has 0 radical (unpaired) electrons. The van der Waals surface area contributed by atoms with E-state index in [-0.39, 0.29) is 16.2 Å². The van der Waals surface area contributed by atoms with E-state index in [1.54, 1.807) is 0 Å². The summed E-state index contributed by atoms with van der Waals surface area (Å²) in [6.07, 6.45) is -5.51. The Bertz CT molecular complexity index is 1820. The number of hydrogen-bond donors (Lipinski definition) is 3. The lowest BCUT2D eigenvalue weighted by Gasteiger charge is -2.22. The van der Waals surface area contributed by atoms with E-state index in [4.69, 9.17) is 43.6 Å². The molecule has 1 amide bonds. The Morgan fingerprint density at radius 2 is 1.12 bits per heavy atom. The highest BCUT2D eigenvalue weighted by atomic mass is 35.5. The first-order valence-electron chi connectivity index (χ1n) is 15.3. The lowest BCUT2D eigenvalue weighted by Crippen LogP contribution is -2.27. The van der Waals surface area contributed by atoms with Crippen molar-refractivity contribution in [1.82, 2.24) is 0 Å². The van der Waals surface area contributed by atoms with Crippen LogP contribution >= 0.6 is 23.2 Å². The van der Waals surface area contributed by atoms with Gasteiger partial charge in [0.1, 0.15) is 5.60 Å². The third-order valence-corrected chi connectivity index (χ3v) is 8.13. The number of carbonyl (C=O) groups is 2. The number of alkyl halides is 5. The number of halogens is 5. The van der Waals surface area contributed by atoms with Crippen LogP contribution in [-0.4, -0.2) is 34.3 Å². The summed E-state index contributed by atoms with van der Waals surface area (Å²) in [5.74, 6) is -2.76. The number of nitrogens with one attached hydrogen (secondary N) is 1. The van der Waals surface area contributed by atoms with Crippen LogP contribution in [0.5, 0.6) is 0 Å². The SMILES string of the molecule is CC(C)(C)OC(=O)Nc1cccc2c1-c1ccccc1C2(C)C.CC1(C)c2ccccc2-c2c(N)cccc21.ClCCl.O=C(O)C(F)(F)F. The molecule has 0 bridgehead atoms. The van der Waals surface area contributed by atoms with E-state index >= 15 is 0 Å². The summed E-state index contributed by atoms with van der Waals surface area (Å²) < 4.78 is 37.1. The number of rotatable bonds is 1. The molecule has 0 saturated carbocycles. The second-order valence-corrected chi connectivity index (χ2v) is 14.2. The van der Waals surface area contributed by atoms with Gasteiger partial charge in [0.2, 0.25) is 0 Å². The molecule has 0 saturated heterocycles. The van der Waals surface area contributed by atoms with Gasteiger partial charge in [-0.15, -0.1) is 23.2 Å². The van der Waals surface area contributed by atoms with Crippen molar-refractivity contribution in [3.05, 3.63) is 107 Å². The lowest BCUT2D eigenvalue weighted by molar-refractivity contribution is -0.192. The van der Waals surface area contributed by atoms with Gasteiger partial charge in [0.25, 0.3) is 0 Å². The Kier molecular flexibility index (Phi) is 12.1. The summed E-state index contributed by atoms with van der Waals surface area (Å²) >= 11 is 9.53. The van der Waals surface area contributed by atoms with Gasteiger partial charge in [-0.3, -0.25) is 5.32 Å². The zero-order chi connectivity index (χ0) is 36.9. The number of nitrogen functional groups attached to an aromatic ring is 1. The topological polar surface area (TPSA) is 102 Å². The maximum absolute atomic E-state index is 12.2. The van der Waals surface area contributed by atoms with Crippen molar-refractivity contribution < 1.29 is 32.6 Å². The number of amides is 1. The first kappa shape index (κ1) is 39.2. The van der Waals surface area contributed by atoms with E-state index in [9.17, 15) is 18.0 Å². The summed E-state index contributed by atoms with van der Waals surface area (Å²) in [6, 6.07) is 29.2. The van der Waals surface area contributed by atoms with Gasteiger partial charge in [0.05, 0.1) is 11.0 Å². The Hall–Kier alpha value is -4.21. The number of anilines is 2. The fraction of sp³-hybridized carbons (Fsp3) is 0.316. The highest BCUT2D eigenvalue weighted by Crippen LogP contribution is 2.52. The van der Waals surface area contributed by atoms with Gasteiger partial charge in [0, 0.05) is 27.6 Å². The first-order valence-corrected chi connectivity index (χ1v) is 16.4. The molecule has 0 atom stereocenters. The van der Waals surface area contributed by atoms with Gasteiger partial charge in [-0.2, -0.15) is 13.2 Å². The molecule has 2 aliphatic rings. The maximum atomic E-state index is 12.2. The standard InChI is InChI=1S/C20H23NO2.C15H15N.C2HF3O2.CH2Cl2/c1-19(2,3)23-18(22)21-16-12-8-11-15-17(16)13-9-6-7-10-14(13)20(15,4)5;1-15(2)11-7-4-3-6-10(11)14-12(15)8-5-9-13(14)16;3-2(4,5)1(6)7;2-1-3/h6-12H,1-5H3,(H,21,22);3-9H,16H2,1-2H3;(H,6,7);1H2. The largest absolute Gasteiger partial charge is 0.490 e. The van der Waals surface area contributed by atoms with Gasteiger partial charge in [-0.1, -0.05) is 100 Å². The highest BCUT2D eigenvalue weighted by molar-refractivity contribution is 6.40. The third kappa shape index (κ3) is 8.88. The summed E-state index contributed by atoms with van der Waals surface area (Å²) in [6.45, 7) is 14.5. The molecule has 11 heteroatoms. The molecule has 49 heavy (non-hydrogen) atoms. The quantitative estimate of drug-likeness (QED) is 0.134. The first-order chi connectivity index (χ1) is 22.7. The van der Waals surface area contributed by atoms with E-state index in [1.165, 1.54) is 38.9 Å². The average Bonchev–Trinajstić information content (AvgIpc) is 3.38. The maximum Gasteiger partial charge on any atom is 0.490 e. The molecule has 0 fully saturated rings. The van der Waals surface area contributed by atoms with Gasteiger partial charge in [-0.25, -0.2) is 9.59 Å². The van der Waals surface area contributed by atoms with E-state index in [0.29, 0.717) is 0 Å². The molecule has 0 unspecified atom stereocenters. The molecule has 2 aliphatic carbocycles. The number of hydrogen-bond acceptors (Lipinski definition) is 4. The number of ether oxygens (including phenoxy) is 1. The smallest absolute Gasteiger partial charge is 0.475 e. The number of nitrogens with two attached hydrogens (primary N) is 1. The average molecular weight is 718 g/mol. The number of aliphatic carboxylic acids is 1. The van der Waals surface area contributed by atoms with Gasteiger partial charge < -0.3 is 15.6 Å². The van der Waals surface area contributed by atoms with E-state index in [1.807, 2.05) is 51.1 Å². The summed E-state index contributed by atoms with van der Waals surface area (Å²) in [7, 11) is 0. The molecule has 6 rings (SSSR count). The van der Waals surface area contributed by atoms with Crippen molar-refractivity contribution in [3.8, 4) is 22.3 Å². The molecule has 4 N–H and O–H groups in total.